The highest BCUT2D eigenvalue weighted by Crippen LogP contribution is 2.17. The number of aliphatic imine (C=N–C) groups is 1. The van der Waals surface area contributed by atoms with Crippen LogP contribution in [0.15, 0.2) is 23.3 Å². The highest BCUT2D eigenvalue weighted by atomic mass is 15.2. The van der Waals surface area contributed by atoms with E-state index in [0.29, 0.717) is 18.5 Å². The van der Waals surface area contributed by atoms with Crippen molar-refractivity contribution in [1.29, 1.82) is 0 Å². The topological polar surface area (TPSA) is 52.6 Å². The molecular weight excluding hydrogens is 310 g/mol. The number of guanidine groups is 1. The van der Waals surface area contributed by atoms with Gasteiger partial charge in [0.05, 0.1) is 12.2 Å². The molecule has 1 unspecified atom stereocenters. The zero-order valence-electron chi connectivity index (χ0n) is 16.4. The minimum atomic E-state index is 0.549. The maximum atomic E-state index is 4.44. The van der Waals surface area contributed by atoms with Gasteiger partial charge in [-0.15, -0.1) is 0 Å². The molecule has 1 aliphatic heterocycles. The van der Waals surface area contributed by atoms with E-state index in [1.165, 1.54) is 44.3 Å². The van der Waals surface area contributed by atoms with Gasteiger partial charge < -0.3 is 10.6 Å². The second kappa shape index (κ2) is 10.4. The van der Waals surface area contributed by atoms with Crippen LogP contribution in [0, 0.1) is 12.8 Å². The molecule has 0 saturated carbocycles. The molecule has 5 heteroatoms. The van der Waals surface area contributed by atoms with E-state index in [-0.39, 0.29) is 0 Å². The molecular formula is C20H35N5. The van der Waals surface area contributed by atoms with Gasteiger partial charge in [-0.05, 0) is 50.4 Å². The molecule has 1 saturated heterocycles. The van der Waals surface area contributed by atoms with Crippen molar-refractivity contribution in [3.8, 4) is 0 Å². The number of hydrogen-bond donors (Lipinski definition) is 2. The number of aromatic nitrogens is 1. The Morgan fingerprint density at radius 2 is 1.92 bits per heavy atom. The van der Waals surface area contributed by atoms with Crippen LogP contribution in [0.4, 0.5) is 0 Å². The summed E-state index contributed by atoms with van der Waals surface area (Å²) in [5.41, 5.74) is 2.27. The summed E-state index contributed by atoms with van der Waals surface area (Å²) in [6, 6.07) is 4.61. The predicted molar refractivity (Wildman–Crippen MR) is 106 cm³/mol. The van der Waals surface area contributed by atoms with E-state index < -0.39 is 0 Å². The highest BCUT2D eigenvalue weighted by molar-refractivity contribution is 5.79. The van der Waals surface area contributed by atoms with Gasteiger partial charge in [-0.25, -0.2) is 0 Å². The molecule has 25 heavy (non-hydrogen) atoms. The van der Waals surface area contributed by atoms with E-state index in [1.54, 1.807) is 0 Å². The van der Waals surface area contributed by atoms with Gasteiger partial charge in [0, 0.05) is 25.8 Å². The third-order valence-corrected chi connectivity index (χ3v) is 5.12. The molecule has 5 nitrogen and oxygen atoms in total. The predicted octanol–water partition coefficient (Wildman–Crippen LogP) is 2.96. The van der Waals surface area contributed by atoms with Crippen LogP contribution in [0.5, 0.6) is 0 Å². The number of nitrogens with zero attached hydrogens (tertiary/aromatic N) is 3. The molecule has 1 fully saturated rings. The molecule has 1 atom stereocenters. The lowest BCUT2D eigenvalue weighted by Crippen LogP contribution is -2.49. The van der Waals surface area contributed by atoms with E-state index in [1.807, 2.05) is 19.3 Å². The first-order valence-electron chi connectivity index (χ1n) is 9.71. The number of nitrogens with one attached hydrogen (secondary N) is 2. The maximum Gasteiger partial charge on any atom is 0.191 e. The molecule has 140 valence electrons. The maximum absolute atomic E-state index is 4.44. The number of aryl methyl sites for hydroxylation is 1. The Morgan fingerprint density at radius 3 is 2.52 bits per heavy atom. The van der Waals surface area contributed by atoms with Crippen molar-refractivity contribution in [1.82, 2.24) is 20.5 Å². The molecule has 0 aliphatic carbocycles. The van der Waals surface area contributed by atoms with Crippen molar-refractivity contribution in [3.63, 3.8) is 0 Å². The molecule has 1 aromatic rings. The van der Waals surface area contributed by atoms with Crippen LogP contribution in [-0.4, -0.2) is 48.6 Å². The Labute approximate surface area is 153 Å². The van der Waals surface area contributed by atoms with Gasteiger partial charge in [-0.2, -0.15) is 0 Å². The summed E-state index contributed by atoms with van der Waals surface area (Å²) in [7, 11) is 1.83. The van der Waals surface area contributed by atoms with Gasteiger partial charge in [0.1, 0.15) is 0 Å². The Hall–Kier alpha value is -1.62. The van der Waals surface area contributed by atoms with Crippen LogP contribution in [0.3, 0.4) is 0 Å². The molecule has 2 heterocycles. The van der Waals surface area contributed by atoms with Gasteiger partial charge in [0.25, 0.3) is 0 Å². The van der Waals surface area contributed by atoms with E-state index in [9.17, 15) is 0 Å². The molecule has 0 aromatic carbocycles. The van der Waals surface area contributed by atoms with Crippen molar-refractivity contribution in [3.05, 3.63) is 29.6 Å². The van der Waals surface area contributed by atoms with Crippen LogP contribution in [0.1, 0.15) is 50.8 Å². The van der Waals surface area contributed by atoms with Crippen molar-refractivity contribution in [2.75, 3.05) is 26.7 Å². The standard InChI is InChI=1S/C20H35N5/c1-16(2)19(25-12-7-5-6-8-13-25)15-24-20(21-4)23-14-18-17(3)10-9-11-22-18/h9-11,16,19H,5-8,12-15H2,1-4H3,(H2,21,23,24). The summed E-state index contributed by atoms with van der Waals surface area (Å²) in [4.78, 5) is 11.5. The molecule has 0 amide bonds. The van der Waals surface area contributed by atoms with Gasteiger partial charge >= 0.3 is 0 Å². The van der Waals surface area contributed by atoms with Crippen LogP contribution < -0.4 is 10.6 Å². The average Bonchev–Trinajstić information content (AvgIpc) is 2.88. The Morgan fingerprint density at radius 1 is 1.20 bits per heavy atom. The van der Waals surface area contributed by atoms with Gasteiger partial charge in [-0.1, -0.05) is 32.8 Å². The summed E-state index contributed by atoms with van der Waals surface area (Å²) >= 11 is 0. The molecule has 2 rings (SSSR count). The van der Waals surface area contributed by atoms with Crippen molar-refractivity contribution >= 4 is 5.96 Å². The number of rotatable bonds is 6. The first-order chi connectivity index (χ1) is 12.1. The van der Waals surface area contributed by atoms with Crippen molar-refractivity contribution in [2.24, 2.45) is 10.9 Å². The monoisotopic (exact) mass is 345 g/mol. The van der Waals surface area contributed by atoms with Gasteiger partial charge in [0.2, 0.25) is 0 Å². The fourth-order valence-electron chi connectivity index (χ4n) is 3.51. The van der Waals surface area contributed by atoms with E-state index in [4.69, 9.17) is 0 Å². The Kier molecular flexibility index (Phi) is 8.19. The smallest absolute Gasteiger partial charge is 0.191 e. The molecule has 1 aliphatic rings. The van der Waals surface area contributed by atoms with E-state index >= 15 is 0 Å². The van der Waals surface area contributed by atoms with Crippen LogP contribution >= 0.6 is 0 Å². The van der Waals surface area contributed by atoms with Crippen LogP contribution in [0.2, 0.25) is 0 Å². The minimum absolute atomic E-state index is 0.549. The van der Waals surface area contributed by atoms with E-state index in [2.05, 4.69) is 52.3 Å². The van der Waals surface area contributed by atoms with Gasteiger partial charge in [-0.3, -0.25) is 14.9 Å². The summed E-state index contributed by atoms with van der Waals surface area (Å²) in [6.45, 7) is 10.8. The van der Waals surface area contributed by atoms with Crippen LogP contribution in [-0.2, 0) is 6.54 Å². The zero-order valence-corrected chi connectivity index (χ0v) is 16.4. The summed E-state index contributed by atoms with van der Waals surface area (Å²) < 4.78 is 0. The van der Waals surface area contributed by atoms with Crippen molar-refractivity contribution in [2.45, 2.75) is 59.0 Å². The van der Waals surface area contributed by atoms with Gasteiger partial charge in [0.15, 0.2) is 5.96 Å². The average molecular weight is 346 g/mol. The number of likely N-dealkylation sites (tertiary alicyclic amines) is 1. The lowest BCUT2D eigenvalue weighted by Gasteiger charge is -2.34. The minimum Gasteiger partial charge on any atom is -0.355 e. The number of hydrogen-bond acceptors (Lipinski definition) is 3. The summed E-state index contributed by atoms with van der Waals surface area (Å²) in [5.74, 6) is 1.48. The highest BCUT2D eigenvalue weighted by Gasteiger charge is 2.22. The summed E-state index contributed by atoms with van der Waals surface area (Å²) in [5, 5.41) is 6.92. The normalized spacial score (nSPS) is 18.0. The summed E-state index contributed by atoms with van der Waals surface area (Å²) in [6.07, 6.45) is 7.25. The Balaban J connectivity index is 1.87. The zero-order chi connectivity index (χ0) is 18.1. The second-order valence-corrected chi connectivity index (χ2v) is 7.34. The fourth-order valence-corrected chi connectivity index (χ4v) is 3.51. The quantitative estimate of drug-likeness (QED) is 0.615. The largest absolute Gasteiger partial charge is 0.355 e. The first kappa shape index (κ1) is 19.7. The molecule has 0 radical (unpaired) electrons. The van der Waals surface area contributed by atoms with E-state index in [0.717, 1.165) is 18.2 Å². The number of pyridine rings is 1. The lowest BCUT2D eigenvalue weighted by atomic mass is 10.0. The lowest BCUT2D eigenvalue weighted by molar-refractivity contribution is 0.161. The SMILES string of the molecule is CN=C(NCc1ncccc1C)NCC(C(C)C)N1CCCCCC1. The Bertz CT molecular complexity index is 533. The van der Waals surface area contributed by atoms with Crippen molar-refractivity contribution < 1.29 is 0 Å². The fraction of sp³-hybridized carbons (Fsp3) is 0.700. The molecule has 0 spiro atoms. The molecule has 1 aromatic heterocycles. The third-order valence-electron chi connectivity index (χ3n) is 5.12. The molecule has 0 bridgehead atoms. The second-order valence-electron chi connectivity index (χ2n) is 7.34. The van der Waals surface area contributed by atoms with Crippen LogP contribution in [0.25, 0.3) is 0 Å². The molecule has 2 N–H and O–H groups in total. The third kappa shape index (κ3) is 6.31. The first-order valence-corrected chi connectivity index (χ1v) is 9.71.